The Morgan fingerprint density at radius 3 is 2.36 bits per heavy atom. The minimum atomic E-state index is 0.226. The molecule has 0 amide bonds. The molecule has 0 aliphatic carbocycles. The zero-order valence-electron chi connectivity index (χ0n) is 7.73. The number of thioether (sulfide) groups is 1. The number of nitrogens with one attached hydrogen (secondary N) is 1. The van der Waals surface area contributed by atoms with E-state index in [1.165, 1.54) is 0 Å². The Labute approximate surface area is 73.2 Å². The lowest BCUT2D eigenvalue weighted by Gasteiger charge is -2.17. The largest absolute Gasteiger partial charge is 0.481 e. The average molecular weight is 175 g/mol. The van der Waals surface area contributed by atoms with E-state index < -0.39 is 0 Å². The second kappa shape index (κ2) is 4.65. The Hall–Kier alpha value is -0.180. The molecular weight excluding hydrogens is 158 g/mol. The third-order valence-corrected chi connectivity index (χ3v) is 2.23. The second-order valence-corrected chi connectivity index (χ2v) is 5.06. The predicted octanol–water partition coefficient (Wildman–Crippen LogP) is 2.53. The molecule has 0 bridgehead atoms. The van der Waals surface area contributed by atoms with Crippen molar-refractivity contribution in [2.45, 2.75) is 32.4 Å². The van der Waals surface area contributed by atoms with Crippen LogP contribution in [0.25, 0.3) is 0 Å². The second-order valence-electron chi connectivity index (χ2n) is 3.26. The number of hydrogen-bond acceptors (Lipinski definition) is 3. The summed E-state index contributed by atoms with van der Waals surface area (Å²) >= 11 is 1.73. The van der Waals surface area contributed by atoms with Gasteiger partial charge in [0.25, 0.3) is 0 Å². The van der Waals surface area contributed by atoms with Crippen LogP contribution in [0.1, 0.15) is 27.7 Å². The summed E-state index contributed by atoms with van der Waals surface area (Å²) in [4.78, 5) is 0. The number of hydrogen-bond donors (Lipinski definition) is 1. The molecule has 11 heavy (non-hydrogen) atoms. The van der Waals surface area contributed by atoms with Gasteiger partial charge in [-0.15, -0.1) is 11.8 Å². The first-order valence-electron chi connectivity index (χ1n) is 3.80. The highest BCUT2D eigenvalue weighted by Gasteiger charge is 2.11. The first-order chi connectivity index (χ1) is 4.95. The van der Waals surface area contributed by atoms with E-state index in [1.54, 1.807) is 11.8 Å². The highest BCUT2D eigenvalue weighted by Crippen LogP contribution is 2.22. The van der Waals surface area contributed by atoms with E-state index in [9.17, 15) is 0 Å². The van der Waals surface area contributed by atoms with Gasteiger partial charge >= 0.3 is 0 Å². The van der Waals surface area contributed by atoms with E-state index in [0.717, 1.165) is 0 Å². The fourth-order valence-corrected chi connectivity index (χ4v) is 1.15. The maximum atomic E-state index is 7.33. The topological polar surface area (TPSA) is 33.1 Å². The standard InChI is InChI=1S/C8H17NOS/c1-5-10-7(9)6-11-8(2,3)4/h9H,5-6H2,1-4H3. The molecule has 0 spiro atoms. The van der Waals surface area contributed by atoms with E-state index in [0.29, 0.717) is 18.3 Å². The van der Waals surface area contributed by atoms with Gasteiger partial charge in [-0.2, -0.15) is 0 Å². The van der Waals surface area contributed by atoms with Crippen molar-refractivity contribution in [1.29, 1.82) is 5.41 Å². The molecule has 2 nitrogen and oxygen atoms in total. The molecule has 0 radical (unpaired) electrons. The maximum absolute atomic E-state index is 7.33. The highest BCUT2D eigenvalue weighted by atomic mass is 32.2. The lowest BCUT2D eigenvalue weighted by molar-refractivity contribution is 0.322. The van der Waals surface area contributed by atoms with E-state index in [1.807, 2.05) is 6.92 Å². The van der Waals surface area contributed by atoms with Crippen LogP contribution in [0.2, 0.25) is 0 Å². The van der Waals surface area contributed by atoms with Gasteiger partial charge in [-0.25, -0.2) is 0 Å². The van der Waals surface area contributed by atoms with E-state index >= 15 is 0 Å². The molecule has 66 valence electrons. The van der Waals surface area contributed by atoms with Crippen molar-refractivity contribution in [2.24, 2.45) is 0 Å². The molecule has 3 heteroatoms. The molecule has 0 aromatic carbocycles. The van der Waals surface area contributed by atoms with Crippen molar-refractivity contribution in [3.8, 4) is 0 Å². The third-order valence-electron chi connectivity index (χ3n) is 0.955. The summed E-state index contributed by atoms with van der Waals surface area (Å²) in [5.74, 6) is 1.06. The van der Waals surface area contributed by atoms with E-state index in [4.69, 9.17) is 10.1 Å². The lowest BCUT2D eigenvalue weighted by atomic mass is 10.3. The molecule has 0 aromatic heterocycles. The molecule has 1 N–H and O–H groups in total. The normalized spacial score (nSPS) is 11.3. The minimum Gasteiger partial charge on any atom is -0.481 e. The number of rotatable bonds is 3. The van der Waals surface area contributed by atoms with Gasteiger partial charge in [0.1, 0.15) is 0 Å². The smallest absolute Gasteiger partial charge is 0.190 e. The van der Waals surface area contributed by atoms with Crippen molar-refractivity contribution in [1.82, 2.24) is 0 Å². The summed E-state index contributed by atoms with van der Waals surface area (Å²) in [7, 11) is 0. The molecular formula is C8H17NOS. The summed E-state index contributed by atoms with van der Waals surface area (Å²) in [6.45, 7) is 8.91. The zero-order valence-corrected chi connectivity index (χ0v) is 8.55. The molecule has 0 aliphatic rings. The molecule has 0 unspecified atom stereocenters. The maximum Gasteiger partial charge on any atom is 0.190 e. The van der Waals surface area contributed by atoms with Gasteiger partial charge in [-0.05, 0) is 6.92 Å². The first kappa shape index (κ1) is 10.8. The van der Waals surface area contributed by atoms with Crippen LogP contribution in [0.3, 0.4) is 0 Å². The summed E-state index contributed by atoms with van der Waals surface area (Å²) < 4.78 is 5.23. The Morgan fingerprint density at radius 1 is 1.45 bits per heavy atom. The van der Waals surface area contributed by atoms with Crippen molar-refractivity contribution in [3.63, 3.8) is 0 Å². The van der Waals surface area contributed by atoms with Crippen LogP contribution in [0, 0.1) is 5.41 Å². The number of ether oxygens (including phenoxy) is 1. The zero-order chi connectivity index (χ0) is 8.91. The molecule has 0 heterocycles. The van der Waals surface area contributed by atoms with Crippen molar-refractivity contribution < 1.29 is 4.74 Å². The summed E-state index contributed by atoms with van der Waals surface area (Å²) in [5.41, 5.74) is 0. The monoisotopic (exact) mass is 175 g/mol. The fourth-order valence-electron chi connectivity index (χ4n) is 0.498. The van der Waals surface area contributed by atoms with Crippen LogP contribution in [0.5, 0.6) is 0 Å². The van der Waals surface area contributed by atoms with Gasteiger partial charge in [-0.1, -0.05) is 20.8 Å². The van der Waals surface area contributed by atoms with Crippen LogP contribution < -0.4 is 0 Å². The molecule has 0 saturated carbocycles. The van der Waals surface area contributed by atoms with Crippen LogP contribution >= 0.6 is 11.8 Å². The molecule has 0 rings (SSSR count). The van der Waals surface area contributed by atoms with Gasteiger partial charge in [0, 0.05) is 4.75 Å². The van der Waals surface area contributed by atoms with Crippen molar-refractivity contribution in [2.75, 3.05) is 12.4 Å². The van der Waals surface area contributed by atoms with E-state index in [-0.39, 0.29) is 4.75 Å². The molecule has 0 saturated heterocycles. The van der Waals surface area contributed by atoms with Gasteiger partial charge in [-0.3, -0.25) is 5.41 Å². The summed E-state index contributed by atoms with van der Waals surface area (Å²) in [6, 6.07) is 0. The Kier molecular flexibility index (Phi) is 4.57. The van der Waals surface area contributed by atoms with Crippen LogP contribution in [-0.2, 0) is 4.74 Å². The van der Waals surface area contributed by atoms with E-state index in [2.05, 4.69) is 20.8 Å². The quantitative estimate of drug-likeness (QED) is 0.528. The van der Waals surface area contributed by atoms with Crippen LogP contribution in [-0.4, -0.2) is 23.0 Å². The molecule has 0 aliphatic heterocycles. The van der Waals surface area contributed by atoms with Crippen molar-refractivity contribution in [3.05, 3.63) is 0 Å². The molecule has 0 fully saturated rings. The summed E-state index contributed by atoms with van der Waals surface area (Å²) in [5, 5.41) is 7.33. The highest BCUT2D eigenvalue weighted by molar-refractivity contribution is 8.01. The SMILES string of the molecule is CCOC(=N)CSC(C)(C)C. The predicted molar refractivity (Wildman–Crippen MR) is 51.6 cm³/mol. The van der Waals surface area contributed by atoms with Gasteiger partial charge in [0.2, 0.25) is 0 Å². The summed E-state index contributed by atoms with van der Waals surface area (Å²) in [6.07, 6.45) is 0. The Morgan fingerprint density at radius 2 is 2.00 bits per heavy atom. The molecule has 0 atom stereocenters. The Balaban J connectivity index is 3.46. The Bertz CT molecular complexity index is 129. The fraction of sp³-hybridized carbons (Fsp3) is 0.875. The lowest BCUT2D eigenvalue weighted by Crippen LogP contribution is -2.14. The third kappa shape index (κ3) is 7.72. The van der Waals surface area contributed by atoms with Crippen molar-refractivity contribution >= 4 is 17.7 Å². The average Bonchev–Trinajstić information content (AvgIpc) is 1.83. The first-order valence-corrected chi connectivity index (χ1v) is 4.78. The van der Waals surface area contributed by atoms with Gasteiger partial charge < -0.3 is 4.74 Å². The van der Waals surface area contributed by atoms with Gasteiger partial charge in [0.15, 0.2) is 5.90 Å². The van der Waals surface area contributed by atoms with Gasteiger partial charge in [0.05, 0.1) is 12.4 Å². The van der Waals surface area contributed by atoms with Crippen LogP contribution in [0.4, 0.5) is 0 Å². The van der Waals surface area contributed by atoms with Crippen LogP contribution in [0.15, 0.2) is 0 Å². The molecule has 0 aromatic rings. The minimum absolute atomic E-state index is 0.226.